The second-order valence-electron chi connectivity index (χ2n) is 7.25. The van der Waals surface area contributed by atoms with Crippen LogP contribution in [0.25, 0.3) is 0 Å². The summed E-state index contributed by atoms with van der Waals surface area (Å²) in [5, 5.41) is 3.30. The number of nitrogens with one attached hydrogen (secondary N) is 1. The fourth-order valence-corrected chi connectivity index (χ4v) is 3.15. The van der Waals surface area contributed by atoms with E-state index in [4.69, 9.17) is 9.47 Å². The largest absolute Gasteiger partial charge is 0.493 e. The van der Waals surface area contributed by atoms with Crippen LogP contribution < -0.4 is 14.8 Å². The highest BCUT2D eigenvalue weighted by molar-refractivity contribution is 7.07. The molecule has 1 heterocycles. The normalized spacial score (nSPS) is 11.9. The monoisotopic (exact) mass is 429 g/mol. The van der Waals surface area contributed by atoms with Crippen molar-refractivity contribution in [1.29, 1.82) is 0 Å². The summed E-state index contributed by atoms with van der Waals surface area (Å²) in [5.41, 5.74) is 1.37. The second-order valence-corrected chi connectivity index (χ2v) is 7.97. The van der Waals surface area contributed by atoms with E-state index in [9.17, 15) is 9.18 Å². The van der Waals surface area contributed by atoms with Crippen LogP contribution in [0.5, 0.6) is 16.7 Å². The Kier molecular flexibility index (Phi) is 6.99. The van der Waals surface area contributed by atoms with E-state index in [2.05, 4.69) is 14.7 Å². The number of nitrogens with zero attached hydrogens (tertiary/aromatic N) is 2. The van der Waals surface area contributed by atoms with Gasteiger partial charge < -0.3 is 14.8 Å². The molecule has 0 spiro atoms. The lowest BCUT2D eigenvalue weighted by atomic mass is 10.1. The van der Waals surface area contributed by atoms with Crippen LogP contribution in [0.2, 0.25) is 0 Å². The molecule has 1 atom stereocenters. The molecule has 0 fully saturated rings. The molecule has 3 rings (SSSR count). The summed E-state index contributed by atoms with van der Waals surface area (Å²) in [4.78, 5) is 16.9. The van der Waals surface area contributed by atoms with E-state index in [1.54, 1.807) is 30.3 Å². The van der Waals surface area contributed by atoms with E-state index < -0.39 is 0 Å². The lowest BCUT2D eigenvalue weighted by Crippen LogP contribution is -2.36. The fourth-order valence-electron chi connectivity index (χ4n) is 2.58. The number of hydrogen-bond acceptors (Lipinski definition) is 6. The zero-order chi connectivity index (χ0) is 21.7. The molecular formula is C22H24FN3O3S. The molecule has 158 valence electrons. The Morgan fingerprint density at radius 2 is 1.87 bits per heavy atom. The maximum absolute atomic E-state index is 13.1. The van der Waals surface area contributed by atoms with Crippen molar-refractivity contribution in [2.24, 2.45) is 5.92 Å². The molecule has 1 amide bonds. The summed E-state index contributed by atoms with van der Waals surface area (Å²) >= 11 is 1.10. The average Bonchev–Trinajstić information content (AvgIpc) is 3.16. The van der Waals surface area contributed by atoms with Crippen molar-refractivity contribution >= 4 is 17.4 Å². The predicted octanol–water partition coefficient (Wildman–Crippen LogP) is 4.84. The van der Waals surface area contributed by atoms with Crippen molar-refractivity contribution in [3.8, 4) is 16.7 Å². The molecule has 0 radical (unpaired) electrons. The standard InChI is InChI=1S/C22H24FN3O3S/c1-13(2)14(3)24-21(27)16-7-10-18(28-4)19(12-16)29-22-25-20(26-30-22)11-15-5-8-17(23)9-6-15/h5-10,12-14H,11H2,1-4H3,(H,24,27). The highest BCUT2D eigenvalue weighted by atomic mass is 32.1. The Hall–Kier alpha value is -3.00. The fraction of sp³-hybridized carbons (Fsp3) is 0.318. The van der Waals surface area contributed by atoms with Gasteiger partial charge in [-0.3, -0.25) is 4.79 Å². The van der Waals surface area contributed by atoms with Crippen molar-refractivity contribution < 1.29 is 18.7 Å². The zero-order valence-electron chi connectivity index (χ0n) is 17.3. The predicted molar refractivity (Wildman–Crippen MR) is 114 cm³/mol. The Morgan fingerprint density at radius 3 is 2.53 bits per heavy atom. The third kappa shape index (κ3) is 5.54. The van der Waals surface area contributed by atoms with Crippen LogP contribution in [0.15, 0.2) is 42.5 Å². The SMILES string of the molecule is COc1ccc(C(=O)NC(C)C(C)C)cc1Oc1nc(Cc2ccc(F)cc2)ns1. The van der Waals surface area contributed by atoms with E-state index >= 15 is 0 Å². The summed E-state index contributed by atoms with van der Waals surface area (Å²) < 4.78 is 28.6. The summed E-state index contributed by atoms with van der Waals surface area (Å²) in [7, 11) is 1.53. The Bertz CT molecular complexity index is 1010. The highest BCUT2D eigenvalue weighted by Gasteiger charge is 2.17. The minimum atomic E-state index is -0.284. The first-order valence-corrected chi connectivity index (χ1v) is 10.4. The zero-order valence-corrected chi connectivity index (χ0v) is 18.1. The molecule has 8 heteroatoms. The number of aromatic nitrogens is 2. The molecule has 0 saturated heterocycles. The van der Waals surface area contributed by atoms with E-state index in [0.717, 1.165) is 17.1 Å². The summed E-state index contributed by atoms with van der Waals surface area (Å²) in [5.74, 6) is 1.29. The number of carbonyl (C=O) groups is 1. The van der Waals surface area contributed by atoms with E-state index in [1.807, 2.05) is 20.8 Å². The van der Waals surface area contributed by atoms with Gasteiger partial charge in [0.05, 0.1) is 7.11 Å². The second kappa shape index (κ2) is 9.67. The molecule has 0 aliphatic heterocycles. The average molecular weight is 430 g/mol. The van der Waals surface area contributed by atoms with E-state index in [-0.39, 0.29) is 17.8 Å². The van der Waals surface area contributed by atoms with Gasteiger partial charge in [-0.25, -0.2) is 4.39 Å². The minimum absolute atomic E-state index is 0.0427. The van der Waals surface area contributed by atoms with Crippen LogP contribution in [0.3, 0.4) is 0 Å². The molecule has 0 aliphatic carbocycles. The van der Waals surface area contributed by atoms with Gasteiger partial charge in [-0.05, 0) is 48.7 Å². The number of ether oxygens (including phenoxy) is 2. The summed E-state index contributed by atoms with van der Waals surface area (Å²) in [6.45, 7) is 6.06. The van der Waals surface area contributed by atoms with Crippen LogP contribution in [0.4, 0.5) is 4.39 Å². The summed E-state index contributed by atoms with van der Waals surface area (Å²) in [6.07, 6.45) is 0.465. The Balaban J connectivity index is 1.74. The first-order valence-electron chi connectivity index (χ1n) is 9.59. The number of halogens is 1. The first kappa shape index (κ1) is 21.7. The van der Waals surface area contributed by atoms with Crippen LogP contribution in [0, 0.1) is 11.7 Å². The molecule has 3 aromatic rings. The van der Waals surface area contributed by atoms with Crippen LogP contribution in [-0.4, -0.2) is 28.4 Å². The van der Waals surface area contributed by atoms with Gasteiger partial charge in [-0.15, -0.1) is 0 Å². The Labute approximate surface area is 179 Å². The highest BCUT2D eigenvalue weighted by Crippen LogP contribution is 2.33. The molecule has 6 nitrogen and oxygen atoms in total. The van der Waals surface area contributed by atoms with Gasteiger partial charge in [0, 0.05) is 29.6 Å². The molecular weight excluding hydrogens is 405 g/mol. The van der Waals surface area contributed by atoms with E-state index in [1.165, 1.54) is 19.2 Å². The molecule has 1 N–H and O–H groups in total. The van der Waals surface area contributed by atoms with Gasteiger partial charge >= 0.3 is 0 Å². The van der Waals surface area contributed by atoms with Gasteiger partial charge in [0.1, 0.15) is 5.82 Å². The lowest BCUT2D eigenvalue weighted by Gasteiger charge is -2.18. The molecule has 1 unspecified atom stereocenters. The van der Waals surface area contributed by atoms with Crippen molar-refractivity contribution in [1.82, 2.24) is 14.7 Å². The molecule has 1 aromatic heterocycles. The first-order chi connectivity index (χ1) is 14.4. The van der Waals surface area contributed by atoms with Gasteiger partial charge in [0.15, 0.2) is 17.3 Å². The molecule has 30 heavy (non-hydrogen) atoms. The lowest BCUT2D eigenvalue weighted by molar-refractivity contribution is 0.0930. The van der Waals surface area contributed by atoms with Crippen molar-refractivity contribution in [3.05, 3.63) is 65.2 Å². The molecule has 2 aromatic carbocycles. The Morgan fingerprint density at radius 1 is 1.13 bits per heavy atom. The number of carbonyl (C=O) groups excluding carboxylic acids is 1. The molecule has 0 saturated carbocycles. The van der Waals surface area contributed by atoms with Crippen molar-refractivity contribution in [2.75, 3.05) is 7.11 Å². The quantitative estimate of drug-likeness (QED) is 0.554. The van der Waals surface area contributed by atoms with Gasteiger partial charge in [-0.1, -0.05) is 26.0 Å². The number of rotatable bonds is 8. The van der Waals surface area contributed by atoms with Gasteiger partial charge in [0.25, 0.3) is 11.1 Å². The number of benzene rings is 2. The number of methoxy groups -OCH3 is 1. The third-order valence-corrected chi connectivity index (χ3v) is 5.34. The number of hydrogen-bond donors (Lipinski definition) is 1. The summed E-state index contributed by atoms with van der Waals surface area (Å²) in [6, 6.07) is 11.2. The topological polar surface area (TPSA) is 73.3 Å². The van der Waals surface area contributed by atoms with Crippen LogP contribution in [0.1, 0.15) is 42.5 Å². The van der Waals surface area contributed by atoms with Crippen LogP contribution >= 0.6 is 11.5 Å². The van der Waals surface area contributed by atoms with Crippen molar-refractivity contribution in [2.45, 2.75) is 33.2 Å². The smallest absolute Gasteiger partial charge is 0.298 e. The molecule has 0 aliphatic rings. The van der Waals surface area contributed by atoms with Crippen molar-refractivity contribution in [3.63, 3.8) is 0 Å². The van der Waals surface area contributed by atoms with Crippen LogP contribution in [-0.2, 0) is 6.42 Å². The van der Waals surface area contributed by atoms with Gasteiger partial charge in [-0.2, -0.15) is 9.36 Å². The third-order valence-electron chi connectivity index (χ3n) is 4.71. The maximum Gasteiger partial charge on any atom is 0.298 e. The maximum atomic E-state index is 13.1. The minimum Gasteiger partial charge on any atom is -0.493 e. The van der Waals surface area contributed by atoms with E-state index in [0.29, 0.717) is 40.4 Å². The molecule has 0 bridgehead atoms. The number of amides is 1. The van der Waals surface area contributed by atoms with Gasteiger partial charge in [0.2, 0.25) is 0 Å².